The Bertz CT molecular complexity index is 1030. The van der Waals surface area contributed by atoms with E-state index in [1.807, 2.05) is 48.5 Å². The van der Waals surface area contributed by atoms with Crippen molar-refractivity contribution in [3.63, 3.8) is 0 Å². The van der Waals surface area contributed by atoms with Crippen LogP contribution in [0.5, 0.6) is 5.75 Å². The molecule has 0 saturated heterocycles. The lowest BCUT2D eigenvalue weighted by molar-refractivity contribution is -0.142. The summed E-state index contributed by atoms with van der Waals surface area (Å²) in [6.07, 6.45) is -4.04. The van der Waals surface area contributed by atoms with Crippen LogP contribution in [-0.4, -0.2) is 12.1 Å². The standard InChI is InChI=1S/C25H22F3O2S/c1-4-22(25(26,27)28)24(29)30-23-17(2)15-21(16-18(23)3)31(19-11-7-5-8-12-19)20-13-9-6-10-14-20/h4-16H,1-3H3/q+1/b22-4-. The van der Waals surface area contributed by atoms with Crippen molar-refractivity contribution in [1.82, 2.24) is 0 Å². The first kappa shape index (κ1) is 22.7. The number of hydrogen-bond donors (Lipinski definition) is 0. The number of halogens is 3. The third kappa shape index (κ3) is 5.20. The molecular formula is C25H22F3O2S+. The minimum atomic E-state index is -4.76. The Labute approximate surface area is 182 Å². The summed E-state index contributed by atoms with van der Waals surface area (Å²) in [5.41, 5.74) is -0.112. The predicted molar refractivity (Wildman–Crippen MR) is 116 cm³/mol. The highest BCUT2D eigenvalue weighted by Crippen LogP contribution is 2.36. The first-order valence-electron chi connectivity index (χ1n) is 9.63. The maximum absolute atomic E-state index is 13.1. The maximum atomic E-state index is 13.1. The average molecular weight is 444 g/mol. The fourth-order valence-electron chi connectivity index (χ4n) is 3.26. The second kappa shape index (κ2) is 9.43. The number of hydrogen-bond acceptors (Lipinski definition) is 2. The third-order valence-electron chi connectivity index (χ3n) is 4.64. The summed E-state index contributed by atoms with van der Waals surface area (Å²) in [5.74, 6) is -1.25. The molecule has 0 bridgehead atoms. The lowest BCUT2D eigenvalue weighted by atomic mass is 10.1. The molecule has 0 aliphatic heterocycles. The van der Waals surface area contributed by atoms with E-state index in [1.54, 1.807) is 13.8 Å². The number of esters is 1. The number of allylic oxidation sites excluding steroid dienone is 1. The first-order chi connectivity index (χ1) is 14.7. The van der Waals surface area contributed by atoms with Crippen LogP contribution in [0.1, 0.15) is 18.1 Å². The average Bonchev–Trinajstić information content (AvgIpc) is 2.72. The van der Waals surface area contributed by atoms with Crippen molar-refractivity contribution in [3.05, 3.63) is 95.6 Å². The number of rotatable bonds is 5. The molecule has 0 aromatic heterocycles. The normalized spacial score (nSPS) is 12.2. The Morgan fingerprint density at radius 2 is 1.29 bits per heavy atom. The molecule has 0 fully saturated rings. The Hall–Kier alpha value is -2.99. The smallest absolute Gasteiger partial charge is 0.422 e. The van der Waals surface area contributed by atoms with Crippen molar-refractivity contribution in [3.8, 4) is 5.75 Å². The molecule has 0 N–H and O–H groups in total. The highest BCUT2D eigenvalue weighted by atomic mass is 32.2. The van der Waals surface area contributed by atoms with Crippen LogP contribution in [0.3, 0.4) is 0 Å². The van der Waals surface area contributed by atoms with E-state index in [1.165, 1.54) is 6.92 Å². The van der Waals surface area contributed by atoms with Gasteiger partial charge in [-0.1, -0.05) is 42.5 Å². The highest BCUT2D eigenvalue weighted by molar-refractivity contribution is 7.97. The zero-order chi connectivity index (χ0) is 22.6. The van der Waals surface area contributed by atoms with Crippen LogP contribution in [0.15, 0.2) is 99.1 Å². The van der Waals surface area contributed by atoms with Crippen molar-refractivity contribution in [1.29, 1.82) is 0 Å². The topological polar surface area (TPSA) is 26.3 Å². The van der Waals surface area contributed by atoms with Gasteiger partial charge in [0.25, 0.3) is 0 Å². The summed E-state index contributed by atoms with van der Waals surface area (Å²) >= 11 is 0. The zero-order valence-corrected chi connectivity index (χ0v) is 18.2. The van der Waals surface area contributed by atoms with Gasteiger partial charge in [0.05, 0.1) is 10.9 Å². The van der Waals surface area contributed by atoms with Gasteiger partial charge in [-0.05, 0) is 56.2 Å². The second-order valence-corrected chi connectivity index (χ2v) is 8.93. The Morgan fingerprint density at radius 3 is 1.68 bits per heavy atom. The zero-order valence-electron chi connectivity index (χ0n) is 17.4. The van der Waals surface area contributed by atoms with Gasteiger partial charge in [0.2, 0.25) is 0 Å². The van der Waals surface area contributed by atoms with Crippen molar-refractivity contribution in [2.75, 3.05) is 0 Å². The van der Waals surface area contributed by atoms with Crippen LogP contribution in [0, 0.1) is 13.8 Å². The number of benzene rings is 3. The molecule has 3 aromatic carbocycles. The lowest BCUT2D eigenvalue weighted by Crippen LogP contribution is -2.24. The fraction of sp³-hybridized carbons (Fsp3) is 0.160. The molecule has 3 aromatic rings. The van der Waals surface area contributed by atoms with Crippen molar-refractivity contribution < 1.29 is 22.7 Å². The van der Waals surface area contributed by atoms with E-state index in [2.05, 4.69) is 24.3 Å². The predicted octanol–water partition coefficient (Wildman–Crippen LogP) is 6.81. The Balaban J connectivity index is 2.02. The van der Waals surface area contributed by atoms with E-state index in [0.29, 0.717) is 11.1 Å². The number of carbonyl (C=O) groups excluding carboxylic acids is 1. The summed E-state index contributed by atoms with van der Waals surface area (Å²) in [6.45, 7) is 4.64. The quantitative estimate of drug-likeness (QED) is 0.187. The van der Waals surface area contributed by atoms with Gasteiger partial charge < -0.3 is 4.74 Å². The molecule has 31 heavy (non-hydrogen) atoms. The summed E-state index contributed by atoms with van der Waals surface area (Å²) in [6, 6.07) is 23.8. The van der Waals surface area contributed by atoms with Gasteiger partial charge in [0.15, 0.2) is 14.7 Å². The van der Waals surface area contributed by atoms with Crippen molar-refractivity contribution >= 4 is 16.9 Å². The minimum Gasteiger partial charge on any atom is -0.422 e. The van der Waals surface area contributed by atoms with Crippen LogP contribution >= 0.6 is 0 Å². The Morgan fingerprint density at radius 1 is 0.839 bits per heavy atom. The molecule has 160 valence electrons. The molecule has 3 rings (SSSR count). The number of carbonyl (C=O) groups is 1. The number of ether oxygens (including phenoxy) is 1. The van der Waals surface area contributed by atoms with Crippen LogP contribution in [0.4, 0.5) is 13.2 Å². The summed E-state index contributed by atoms with van der Waals surface area (Å²) in [4.78, 5) is 15.4. The van der Waals surface area contributed by atoms with Gasteiger partial charge in [0.1, 0.15) is 11.3 Å². The number of aryl methyl sites for hydroxylation is 2. The van der Waals surface area contributed by atoms with Crippen LogP contribution in [-0.2, 0) is 15.7 Å². The summed E-state index contributed by atoms with van der Waals surface area (Å²) < 4.78 is 44.3. The number of alkyl halides is 3. The molecule has 0 atom stereocenters. The highest BCUT2D eigenvalue weighted by Gasteiger charge is 2.39. The SMILES string of the molecule is C/C=C(/C(=O)Oc1c(C)cc([S+](c2ccccc2)c2ccccc2)cc1C)C(F)(F)F. The summed E-state index contributed by atoms with van der Waals surface area (Å²) in [7, 11) is -0.412. The van der Waals surface area contributed by atoms with Crippen LogP contribution in [0.25, 0.3) is 0 Å². The lowest BCUT2D eigenvalue weighted by Gasteiger charge is -2.15. The van der Waals surface area contributed by atoms with E-state index in [-0.39, 0.29) is 5.75 Å². The van der Waals surface area contributed by atoms with Gasteiger partial charge in [-0.25, -0.2) is 4.79 Å². The molecule has 0 aliphatic rings. The molecule has 0 spiro atoms. The molecule has 0 saturated carbocycles. The van der Waals surface area contributed by atoms with Gasteiger partial charge in [0, 0.05) is 12.1 Å². The third-order valence-corrected chi connectivity index (χ3v) is 6.83. The van der Waals surface area contributed by atoms with E-state index >= 15 is 0 Å². The fourth-order valence-corrected chi connectivity index (χ4v) is 5.52. The van der Waals surface area contributed by atoms with E-state index in [4.69, 9.17) is 4.74 Å². The molecule has 6 heteroatoms. The van der Waals surface area contributed by atoms with E-state index < -0.39 is 28.6 Å². The molecule has 2 nitrogen and oxygen atoms in total. The molecule has 0 amide bonds. The molecular weight excluding hydrogens is 421 g/mol. The Kier molecular flexibility index (Phi) is 6.91. The van der Waals surface area contributed by atoms with Crippen LogP contribution in [0.2, 0.25) is 0 Å². The minimum absolute atomic E-state index is 0.155. The monoisotopic (exact) mass is 443 g/mol. The van der Waals surface area contributed by atoms with Gasteiger partial charge in [-0.3, -0.25) is 0 Å². The maximum Gasteiger partial charge on any atom is 0.423 e. The molecule has 0 heterocycles. The van der Waals surface area contributed by atoms with Crippen molar-refractivity contribution in [2.24, 2.45) is 0 Å². The van der Waals surface area contributed by atoms with Crippen LogP contribution < -0.4 is 4.74 Å². The largest absolute Gasteiger partial charge is 0.423 e. The van der Waals surface area contributed by atoms with E-state index in [0.717, 1.165) is 20.8 Å². The molecule has 0 radical (unpaired) electrons. The van der Waals surface area contributed by atoms with Crippen molar-refractivity contribution in [2.45, 2.75) is 41.6 Å². The molecule has 0 unspecified atom stereocenters. The van der Waals surface area contributed by atoms with Gasteiger partial charge >= 0.3 is 12.1 Å². The molecule has 0 aliphatic carbocycles. The first-order valence-corrected chi connectivity index (χ1v) is 10.9. The van der Waals surface area contributed by atoms with Gasteiger partial charge in [-0.15, -0.1) is 0 Å². The van der Waals surface area contributed by atoms with Gasteiger partial charge in [-0.2, -0.15) is 13.2 Å². The van der Waals surface area contributed by atoms with E-state index in [9.17, 15) is 18.0 Å². The second-order valence-electron chi connectivity index (χ2n) is 6.91. The summed E-state index contributed by atoms with van der Waals surface area (Å²) in [5, 5.41) is 0.